The minimum Gasteiger partial charge on any atom is -0.533 e. The van der Waals surface area contributed by atoms with E-state index >= 15 is 0 Å². The van der Waals surface area contributed by atoms with Crippen LogP contribution in [-0.2, 0) is 30.9 Å². The van der Waals surface area contributed by atoms with E-state index in [4.69, 9.17) is 4.74 Å². The molecule has 1 aromatic carbocycles. The summed E-state index contributed by atoms with van der Waals surface area (Å²) in [6, 6.07) is 10.7. The second-order valence-corrected chi connectivity index (χ2v) is 2.97. The first-order chi connectivity index (χ1) is 5.86. The third kappa shape index (κ3) is 4.97. The maximum atomic E-state index is 5.33. The Kier molecular flexibility index (Phi) is 10.5. The minimum absolute atomic E-state index is 0. The monoisotopic (exact) mass is 324 g/mol. The Morgan fingerprint density at radius 3 is 2.33 bits per heavy atom. The fourth-order valence-corrected chi connectivity index (χ4v) is 1.40. The summed E-state index contributed by atoms with van der Waals surface area (Å²) in [5.74, 6) is 0. The van der Waals surface area contributed by atoms with Gasteiger partial charge in [0.05, 0.1) is 0 Å². The van der Waals surface area contributed by atoms with Crippen molar-refractivity contribution in [2.75, 3.05) is 6.61 Å². The zero-order chi connectivity index (χ0) is 8.39. The van der Waals surface area contributed by atoms with Crippen LogP contribution >= 0.6 is 24.8 Å². The third-order valence-corrected chi connectivity index (χ3v) is 2.05. The second kappa shape index (κ2) is 8.72. The predicted molar refractivity (Wildman–Crippen MR) is 61.7 cm³/mol. The van der Waals surface area contributed by atoms with Crippen LogP contribution in [0.4, 0.5) is 0 Å². The quantitative estimate of drug-likeness (QED) is 0.801. The average Bonchev–Trinajstić information content (AvgIpc) is 2.54. The largest absolute Gasteiger partial charge is 0.533 e. The molecule has 1 unspecified atom stereocenters. The van der Waals surface area contributed by atoms with Crippen molar-refractivity contribution in [2.24, 2.45) is 0 Å². The van der Waals surface area contributed by atoms with Gasteiger partial charge in [-0.3, -0.25) is 0 Å². The summed E-state index contributed by atoms with van der Waals surface area (Å²) in [4.78, 5) is 0. The van der Waals surface area contributed by atoms with Crippen molar-refractivity contribution in [2.45, 2.75) is 13.0 Å². The third-order valence-electron chi connectivity index (χ3n) is 2.05. The van der Waals surface area contributed by atoms with Gasteiger partial charge in [0.1, 0.15) is 0 Å². The first kappa shape index (κ1) is 18.0. The van der Waals surface area contributed by atoms with E-state index < -0.39 is 0 Å². The molecule has 5 heteroatoms. The average molecular weight is 326 g/mol. The SMILES string of the molecule is C[C-]1NC(c2ccccc2)CO1.Cl.Cl.[Zr]. The van der Waals surface area contributed by atoms with Gasteiger partial charge in [-0.05, 0) is 5.56 Å². The van der Waals surface area contributed by atoms with Gasteiger partial charge in [0, 0.05) is 38.9 Å². The molecule has 2 rings (SSSR count). The summed E-state index contributed by atoms with van der Waals surface area (Å²) in [6.07, 6.45) is 0.920. The van der Waals surface area contributed by atoms with E-state index in [1.54, 1.807) is 0 Å². The number of ether oxygens (including phenoxy) is 1. The fraction of sp³-hybridized carbons (Fsp3) is 0.300. The van der Waals surface area contributed by atoms with Crippen LogP contribution in [0.3, 0.4) is 0 Å². The Bertz CT molecular complexity index is 261. The molecule has 1 aliphatic heterocycles. The topological polar surface area (TPSA) is 21.3 Å². The smallest absolute Gasteiger partial charge is 0.0303 e. The molecule has 15 heavy (non-hydrogen) atoms. The minimum atomic E-state index is 0. The molecule has 1 N–H and O–H groups in total. The van der Waals surface area contributed by atoms with E-state index in [9.17, 15) is 0 Å². The standard InChI is InChI=1S/C10H12NO.2ClH.Zr/c1-8-11-10(7-12-8)9-5-3-2-4-6-9;;;/h2-6,10-11H,7H2,1H3;2*1H;/q-1;;;. The summed E-state index contributed by atoms with van der Waals surface area (Å²) in [7, 11) is 0. The van der Waals surface area contributed by atoms with Gasteiger partial charge in [-0.25, -0.2) is 0 Å². The van der Waals surface area contributed by atoms with Crippen molar-refractivity contribution in [3.63, 3.8) is 0 Å². The van der Waals surface area contributed by atoms with Crippen LogP contribution in [0.25, 0.3) is 0 Å². The van der Waals surface area contributed by atoms with Crippen molar-refractivity contribution >= 4 is 24.8 Å². The molecule has 0 spiro atoms. The van der Waals surface area contributed by atoms with E-state index in [2.05, 4.69) is 17.4 Å². The van der Waals surface area contributed by atoms with Crippen LogP contribution in [0.1, 0.15) is 18.5 Å². The molecule has 1 fully saturated rings. The molecule has 1 heterocycles. The van der Waals surface area contributed by atoms with Gasteiger partial charge in [-0.15, -0.1) is 31.0 Å². The summed E-state index contributed by atoms with van der Waals surface area (Å²) in [6.45, 7) is 2.69. The zero-order valence-corrected chi connectivity index (χ0v) is 12.5. The maximum Gasteiger partial charge on any atom is 0.0303 e. The summed E-state index contributed by atoms with van der Waals surface area (Å²) in [5, 5.41) is 3.26. The van der Waals surface area contributed by atoms with Crippen LogP contribution in [0.15, 0.2) is 30.3 Å². The molecule has 84 valence electrons. The van der Waals surface area contributed by atoms with E-state index in [0.29, 0.717) is 6.04 Å². The first-order valence-corrected chi connectivity index (χ1v) is 4.14. The second-order valence-electron chi connectivity index (χ2n) is 2.97. The Morgan fingerprint density at radius 2 is 1.87 bits per heavy atom. The Labute approximate surface area is 122 Å². The summed E-state index contributed by atoms with van der Waals surface area (Å²) in [5.41, 5.74) is 1.29. The Morgan fingerprint density at radius 1 is 1.27 bits per heavy atom. The van der Waals surface area contributed by atoms with Crippen molar-refractivity contribution in [1.82, 2.24) is 5.32 Å². The van der Waals surface area contributed by atoms with Crippen LogP contribution in [0.5, 0.6) is 0 Å². The predicted octanol–water partition coefficient (Wildman–Crippen LogP) is 2.70. The van der Waals surface area contributed by atoms with E-state index in [-0.39, 0.29) is 51.0 Å². The molecule has 0 saturated carbocycles. The molecular weight excluding hydrogens is 312 g/mol. The normalized spacial score (nSPS) is 19.7. The van der Waals surface area contributed by atoms with Crippen molar-refractivity contribution in [3.8, 4) is 0 Å². The number of halogens is 2. The molecule has 1 aliphatic rings. The van der Waals surface area contributed by atoms with Crippen LogP contribution in [-0.4, -0.2) is 6.61 Å². The van der Waals surface area contributed by atoms with Gasteiger partial charge in [-0.1, -0.05) is 30.3 Å². The number of rotatable bonds is 1. The molecule has 0 aromatic heterocycles. The van der Waals surface area contributed by atoms with Gasteiger partial charge in [-0.2, -0.15) is 6.92 Å². The Balaban J connectivity index is 0. The van der Waals surface area contributed by atoms with E-state index in [1.807, 2.05) is 25.1 Å². The summed E-state index contributed by atoms with van der Waals surface area (Å²) >= 11 is 0. The summed E-state index contributed by atoms with van der Waals surface area (Å²) < 4.78 is 5.33. The number of hydrogen-bond donors (Lipinski definition) is 1. The molecule has 0 aliphatic carbocycles. The van der Waals surface area contributed by atoms with Gasteiger partial charge in [0.25, 0.3) is 0 Å². The Hall–Kier alpha value is 0.603. The van der Waals surface area contributed by atoms with Crippen LogP contribution in [0, 0.1) is 6.23 Å². The van der Waals surface area contributed by atoms with Gasteiger partial charge in [0.2, 0.25) is 0 Å². The number of benzene rings is 1. The molecule has 0 bridgehead atoms. The molecule has 1 atom stereocenters. The first-order valence-electron chi connectivity index (χ1n) is 4.14. The number of nitrogens with one attached hydrogen (secondary N) is 1. The molecular formula is C10H14Cl2NOZr-. The van der Waals surface area contributed by atoms with E-state index in [0.717, 1.165) is 12.8 Å². The number of hydrogen-bond acceptors (Lipinski definition) is 2. The van der Waals surface area contributed by atoms with Crippen molar-refractivity contribution < 1.29 is 30.9 Å². The van der Waals surface area contributed by atoms with Crippen molar-refractivity contribution in [1.29, 1.82) is 0 Å². The molecule has 0 radical (unpaired) electrons. The van der Waals surface area contributed by atoms with Crippen LogP contribution < -0.4 is 5.32 Å². The van der Waals surface area contributed by atoms with Gasteiger partial charge < -0.3 is 10.1 Å². The molecule has 1 saturated heterocycles. The van der Waals surface area contributed by atoms with Gasteiger partial charge >= 0.3 is 0 Å². The van der Waals surface area contributed by atoms with Crippen molar-refractivity contribution in [3.05, 3.63) is 42.1 Å². The molecule has 2 nitrogen and oxygen atoms in total. The van der Waals surface area contributed by atoms with Gasteiger partial charge in [0.15, 0.2) is 0 Å². The van der Waals surface area contributed by atoms with Crippen LogP contribution in [0.2, 0.25) is 0 Å². The van der Waals surface area contributed by atoms with E-state index in [1.165, 1.54) is 5.56 Å². The zero-order valence-electron chi connectivity index (χ0n) is 8.40. The fourth-order valence-electron chi connectivity index (χ4n) is 1.40. The maximum absolute atomic E-state index is 5.33. The molecule has 0 amide bonds. The molecule has 1 aromatic rings.